The van der Waals surface area contributed by atoms with E-state index >= 15 is 0 Å². The molecule has 0 unspecified atom stereocenters. The van der Waals surface area contributed by atoms with Crippen LogP contribution < -0.4 is 4.74 Å². The first kappa shape index (κ1) is 19.8. The summed E-state index contributed by atoms with van der Waals surface area (Å²) >= 11 is 11.7. The Kier molecular flexibility index (Phi) is 8.67. The topological polar surface area (TPSA) is 102 Å². The Morgan fingerprint density at radius 1 is 1.12 bits per heavy atom. The number of unbranched alkanes of at least 4 members (excludes halogenated alkanes) is 1. The molecule has 2 N–H and O–H groups in total. The Morgan fingerprint density at radius 2 is 1.83 bits per heavy atom. The van der Waals surface area contributed by atoms with Crippen LogP contribution in [0.5, 0.6) is 5.75 Å². The van der Waals surface area contributed by atoms with Gasteiger partial charge in [0.05, 0.1) is 23.0 Å². The molecule has 0 atom stereocenters. The lowest BCUT2D eigenvalue weighted by Crippen LogP contribution is -2.09. The third-order valence-electron chi connectivity index (χ3n) is 2.71. The van der Waals surface area contributed by atoms with Crippen molar-refractivity contribution in [3.63, 3.8) is 0 Å². The van der Waals surface area contributed by atoms with E-state index in [0.717, 1.165) is 25.1 Å². The molecule has 1 aromatic carbocycles. The molecule has 0 aliphatic carbocycles. The number of aryl methyl sites for hydroxylation is 1. The second-order valence-corrected chi connectivity index (χ2v) is 5.36. The standard InChI is InChI=1S/C13H14Cl2N2O.C2H2O4/c14-12-4-3-11(9-13(12)15)18-8-2-1-6-17-7-5-16-10-17;3-1(4)2(5)6/h3-5,7,9-10H,1-2,6,8H2;(H,3,4)(H,5,6). The number of carboxylic acids is 2. The highest BCUT2D eigenvalue weighted by Gasteiger charge is 2.04. The van der Waals surface area contributed by atoms with Crippen molar-refractivity contribution in [1.29, 1.82) is 0 Å². The van der Waals surface area contributed by atoms with Crippen molar-refractivity contribution in [3.8, 4) is 5.75 Å². The molecule has 0 amide bonds. The van der Waals surface area contributed by atoms with Gasteiger partial charge in [-0.3, -0.25) is 0 Å². The molecule has 24 heavy (non-hydrogen) atoms. The number of benzene rings is 1. The second kappa shape index (κ2) is 10.5. The summed E-state index contributed by atoms with van der Waals surface area (Å²) in [7, 11) is 0. The van der Waals surface area contributed by atoms with E-state index in [1.165, 1.54) is 0 Å². The molecule has 0 saturated carbocycles. The fourth-order valence-electron chi connectivity index (χ4n) is 1.57. The number of rotatable bonds is 6. The van der Waals surface area contributed by atoms with E-state index < -0.39 is 11.9 Å². The van der Waals surface area contributed by atoms with Crippen molar-refractivity contribution in [2.45, 2.75) is 19.4 Å². The first-order chi connectivity index (χ1) is 11.4. The maximum atomic E-state index is 9.10. The zero-order valence-electron chi connectivity index (χ0n) is 12.6. The SMILES string of the molecule is Clc1ccc(OCCCCn2ccnc2)cc1Cl.O=C(O)C(=O)O. The highest BCUT2D eigenvalue weighted by Crippen LogP contribution is 2.26. The van der Waals surface area contributed by atoms with Gasteiger partial charge in [0.2, 0.25) is 0 Å². The zero-order chi connectivity index (χ0) is 17.9. The van der Waals surface area contributed by atoms with Crippen LogP contribution in [-0.4, -0.2) is 38.3 Å². The van der Waals surface area contributed by atoms with Crippen LogP contribution in [0.2, 0.25) is 10.0 Å². The van der Waals surface area contributed by atoms with E-state index in [1.54, 1.807) is 18.3 Å². The summed E-state index contributed by atoms with van der Waals surface area (Å²) in [4.78, 5) is 22.2. The first-order valence-corrected chi connectivity index (χ1v) is 7.65. The molecule has 2 rings (SSSR count). The third kappa shape index (κ3) is 7.85. The van der Waals surface area contributed by atoms with E-state index in [0.29, 0.717) is 16.7 Å². The maximum absolute atomic E-state index is 9.10. The highest BCUT2D eigenvalue weighted by molar-refractivity contribution is 6.42. The number of aromatic nitrogens is 2. The fraction of sp³-hybridized carbons (Fsp3) is 0.267. The number of nitrogens with zero attached hydrogens (tertiary/aromatic N) is 2. The fourth-order valence-corrected chi connectivity index (χ4v) is 1.86. The van der Waals surface area contributed by atoms with E-state index in [2.05, 4.69) is 9.55 Å². The van der Waals surface area contributed by atoms with Gasteiger partial charge in [0.15, 0.2) is 0 Å². The highest BCUT2D eigenvalue weighted by atomic mass is 35.5. The largest absolute Gasteiger partial charge is 0.494 e. The molecule has 0 fully saturated rings. The van der Waals surface area contributed by atoms with Gasteiger partial charge in [-0.05, 0) is 25.0 Å². The number of carboxylic acid groups (broad SMARTS) is 2. The summed E-state index contributed by atoms with van der Waals surface area (Å²) < 4.78 is 7.65. The molecule has 1 heterocycles. The van der Waals surface area contributed by atoms with Gasteiger partial charge in [0.1, 0.15) is 5.75 Å². The lowest BCUT2D eigenvalue weighted by atomic mass is 10.3. The quantitative estimate of drug-likeness (QED) is 0.594. The van der Waals surface area contributed by atoms with E-state index in [4.69, 9.17) is 47.7 Å². The van der Waals surface area contributed by atoms with E-state index in [9.17, 15) is 0 Å². The smallest absolute Gasteiger partial charge is 0.414 e. The summed E-state index contributed by atoms with van der Waals surface area (Å²) in [6, 6.07) is 5.30. The summed E-state index contributed by atoms with van der Waals surface area (Å²) in [6.07, 6.45) is 7.60. The summed E-state index contributed by atoms with van der Waals surface area (Å²) in [5.74, 6) is -2.89. The van der Waals surface area contributed by atoms with Gasteiger partial charge >= 0.3 is 11.9 Å². The number of hydrogen-bond donors (Lipinski definition) is 2. The van der Waals surface area contributed by atoms with Crippen molar-refractivity contribution in [2.75, 3.05) is 6.61 Å². The van der Waals surface area contributed by atoms with E-state index in [1.807, 2.05) is 18.6 Å². The van der Waals surface area contributed by atoms with Gasteiger partial charge in [0.25, 0.3) is 0 Å². The molecular formula is C15H16Cl2N2O5. The van der Waals surface area contributed by atoms with Crippen LogP contribution in [0, 0.1) is 0 Å². The molecule has 0 saturated heterocycles. The van der Waals surface area contributed by atoms with Crippen LogP contribution in [0.25, 0.3) is 0 Å². The summed E-state index contributed by atoms with van der Waals surface area (Å²) in [5, 5.41) is 15.8. The number of hydrogen-bond acceptors (Lipinski definition) is 4. The Morgan fingerprint density at radius 3 is 2.38 bits per heavy atom. The number of ether oxygens (including phenoxy) is 1. The van der Waals surface area contributed by atoms with Crippen LogP contribution in [-0.2, 0) is 16.1 Å². The minimum absolute atomic E-state index is 0.521. The molecule has 2 aromatic rings. The molecule has 0 aliphatic rings. The van der Waals surface area contributed by atoms with Gasteiger partial charge in [-0.1, -0.05) is 23.2 Å². The Bertz CT molecular complexity index is 650. The van der Waals surface area contributed by atoms with Crippen molar-refractivity contribution in [2.24, 2.45) is 0 Å². The molecule has 0 aliphatic heterocycles. The molecular weight excluding hydrogens is 359 g/mol. The minimum Gasteiger partial charge on any atom is -0.494 e. The predicted octanol–water partition coefficient (Wildman–Crippen LogP) is 3.20. The number of aliphatic carboxylic acids is 2. The Balaban J connectivity index is 0.000000413. The number of imidazole rings is 1. The maximum Gasteiger partial charge on any atom is 0.414 e. The van der Waals surface area contributed by atoms with Crippen LogP contribution in [0.1, 0.15) is 12.8 Å². The molecule has 7 nitrogen and oxygen atoms in total. The third-order valence-corrected chi connectivity index (χ3v) is 3.45. The van der Waals surface area contributed by atoms with E-state index in [-0.39, 0.29) is 0 Å². The summed E-state index contributed by atoms with van der Waals surface area (Å²) in [5.41, 5.74) is 0. The molecule has 0 bridgehead atoms. The summed E-state index contributed by atoms with van der Waals surface area (Å²) in [6.45, 7) is 1.64. The Hall–Kier alpha value is -2.25. The van der Waals surface area contributed by atoms with Crippen molar-refractivity contribution >= 4 is 35.1 Å². The number of carbonyl (C=O) groups is 2. The monoisotopic (exact) mass is 374 g/mol. The normalized spacial score (nSPS) is 9.75. The van der Waals surface area contributed by atoms with Crippen LogP contribution >= 0.6 is 23.2 Å². The van der Waals surface area contributed by atoms with Crippen LogP contribution in [0.15, 0.2) is 36.9 Å². The molecule has 0 spiro atoms. The van der Waals surface area contributed by atoms with Gasteiger partial charge in [-0.2, -0.15) is 0 Å². The van der Waals surface area contributed by atoms with Gasteiger partial charge in [-0.25, -0.2) is 14.6 Å². The average molecular weight is 375 g/mol. The van der Waals surface area contributed by atoms with Gasteiger partial charge in [0, 0.05) is 25.0 Å². The predicted molar refractivity (Wildman–Crippen MR) is 88.7 cm³/mol. The van der Waals surface area contributed by atoms with Crippen molar-refractivity contribution < 1.29 is 24.5 Å². The van der Waals surface area contributed by atoms with Crippen LogP contribution in [0.3, 0.4) is 0 Å². The molecule has 0 radical (unpaired) electrons. The molecule has 1 aromatic heterocycles. The Labute approximate surface area is 148 Å². The van der Waals surface area contributed by atoms with Crippen molar-refractivity contribution in [1.82, 2.24) is 9.55 Å². The number of halogens is 2. The van der Waals surface area contributed by atoms with Crippen molar-refractivity contribution in [3.05, 3.63) is 47.0 Å². The lowest BCUT2D eigenvalue weighted by Gasteiger charge is -2.07. The first-order valence-electron chi connectivity index (χ1n) is 6.90. The molecule has 9 heteroatoms. The molecule has 130 valence electrons. The lowest BCUT2D eigenvalue weighted by molar-refractivity contribution is -0.159. The average Bonchev–Trinajstić information content (AvgIpc) is 3.04. The second-order valence-electron chi connectivity index (χ2n) is 4.54. The van der Waals surface area contributed by atoms with Gasteiger partial charge in [-0.15, -0.1) is 0 Å². The van der Waals surface area contributed by atoms with Gasteiger partial charge < -0.3 is 19.5 Å². The zero-order valence-corrected chi connectivity index (χ0v) is 14.1. The minimum atomic E-state index is -1.82. The van der Waals surface area contributed by atoms with Crippen LogP contribution in [0.4, 0.5) is 0 Å².